The maximum atomic E-state index is 14.5. The Bertz CT molecular complexity index is 724. The number of halogens is 3. The lowest BCUT2D eigenvalue weighted by molar-refractivity contribution is 0.627. The van der Waals surface area contributed by atoms with Crippen molar-refractivity contribution in [2.24, 2.45) is 7.05 Å². The summed E-state index contributed by atoms with van der Waals surface area (Å²) in [7, 11) is 1.73. The molecule has 6 heteroatoms. The lowest BCUT2D eigenvalue weighted by Gasteiger charge is -2.13. The lowest BCUT2D eigenvalue weighted by Crippen LogP contribution is -2.02. The standard InChI is InChI=1S/C14H10ClFIN3/c1-20-14(11(17)6-19-20)12-9(5-18)8(7-2-3-7)4-10(15)13(12)16/h4,6-7H,2-3H2,1H3. The van der Waals surface area contributed by atoms with Gasteiger partial charge in [0, 0.05) is 7.05 Å². The fourth-order valence-electron chi connectivity index (χ4n) is 2.40. The predicted octanol–water partition coefficient (Wildman–Crippen LogP) is 4.23. The van der Waals surface area contributed by atoms with Crippen LogP contribution >= 0.6 is 34.2 Å². The van der Waals surface area contributed by atoms with E-state index in [2.05, 4.69) is 33.8 Å². The normalized spacial score (nSPS) is 14.3. The second-order valence-electron chi connectivity index (χ2n) is 4.86. The van der Waals surface area contributed by atoms with Crippen molar-refractivity contribution in [3.63, 3.8) is 0 Å². The second kappa shape index (κ2) is 5.01. The largest absolute Gasteiger partial charge is 0.267 e. The van der Waals surface area contributed by atoms with Gasteiger partial charge in [0.25, 0.3) is 0 Å². The van der Waals surface area contributed by atoms with Gasteiger partial charge in [-0.15, -0.1) is 0 Å². The molecule has 20 heavy (non-hydrogen) atoms. The van der Waals surface area contributed by atoms with Gasteiger partial charge in [0.15, 0.2) is 5.82 Å². The van der Waals surface area contributed by atoms with Crippen molar-refractivity contribution >= 4 is 34.2 Å². The SMILES string of the molecule is Cn1ncc(I)c1-c1c(F)c(Cl)cc(C2CC2)c1C#N. The predicted molar refractivity (Wildman–Crippen MR) is 83.0 cm³/mol. The molecule has 0 N–H and O–H groups in total. The summed E-state index contributed by atoms with van der Waals surface area (Å²) >= 11 is 8.11. The first-order chi connectivity index (χ1) is 9.54. The van der Waals surface area contributed by atoms with Crippen LogP contribution in [0.3, 0.4) is 0 Å². The first-order valence-electron chi connectivity index (χ1n) is 6.14. The molecule has 0 amide bonds. The molecule has 102 valence electrons. The molecule has 1 aliphatic rings. The highest BCUT2D eigenvalue weighted by Crippen LogP contribution is 2.46. The molecule has 1 heterocycles. The zero-order valence-corrected chi connectivity index (χ0v) is 13.5. The summed E-state index contributed by atoms with van der Waals surface area (Å²) in [6.07, 6.45) is 3.70. The number of nitriles is 1. The molecular formula is C14H10ClFIN3. The van der Waals surface area contributed by atoms with E-state index in [1.807, 2.05) is 0 Å². The van der Waals surface area contributed by atoms with Gasteiger partial charge >= 0.3 is 0 Å². The van der Waals surface area contributed by atoms with Crippen LogP contribution in [0, 0.1) is 20.7 Å². The molecule has 1 aromatic carbocycles. The van der Waals surface area contributed by atoms with E-state index in [1.54, 1.807) is 24.0 Å². The summed E-state index contributed by atoms with van der Waals surface area (Å²) in [5.74, 6) is -0.221. The number of aryl methyl sites for hydroxylation is 1. The van der Waals surface area contributed by atoms with E-state index in [9.17, 15) is 9.65 Å². The van der Waals surface area contributed by atoms with Crippen molar-refractivity contribution in [3.8, 4) is 17.3 Å². The number of nitrogens with zero attached hydrogens (tertiary/aromatic N) is 3. The summed E-state index contributed by atoms with van der Waals surface area (Å²) in [6.45, 7) is 0. The zero-order valence-electron chi connectivity index (χ0n) is 10.6. The van der Waals surface area contributed by atoms with Gasteiger partial charge in [-0.2, -0.15) is 10.4 Å². The van der Waals surface area contributed by atoms with Gasteiger partial charge in [-0.25, -0.2) is 4.39 Å². The van der Waals surface area contributed by atoms with Crippen LogP contribution in [0.4, 0.5) is 4.39 Å². The number of benzene rings is 1. The van der Waals surface area contributed by atoms with Crippen LogP contribution in [0.15, 0.2) is 12.3 Å². The number of hydrogen-bond acceptors (Lipinski definition) is 2. The first-order valence-corrected chi connectivity index (χ1v) is 7.60. The van der Waals surface area contributed by atoms with Gasteiger partial charge in [0.05, 0.1) is 31.6 Å². The lowest BCUT2D eigenvalue weighted by atomic mass is 9.96. The molecular weight excluding hydrogens is 392 g/mol. The summed E-state index contributed by atoms with van der Waals surface area (Å²) in [5, 5.41) is 13.7. The molecule has 3 rings (SSSR count). The summed E-state index contributed by atoms with van der Waals surface area (Å²) < 4.78 is 16.9. The molecule has 1 saturated carbocycles. The quantitative estimate of drug-likeness (QED) is 0.707. The van der Waals surface area contributed by atoms with Crippen LogP contribution in [-0.4, -0.2) is 9.78 Å². The van der Waals surface area contributed by atoms with E-state index >= 15 is 0 Å². The smallest absolute Gasteiger partial charge is 0.152 e. The second-order valence-corrected chi connectivity index (χ2v) is 6.43. The Balaban J connectivity index is 2.37. The Hall–Kier alpha value is -1.13. The minimum Gasteiger partial charge on any atom is -0.267 e. The fraction of sp³-hybridized carbons (Fsp3) is 0.286. The third kappa shape index (κ3) is 2.11. The van der Waals surface area contributed by atoms with E-state index < -0.39 is 5.82 Å². The molecule has 0 bridgehead atoms. The molecule has 2 aromatic rings. The molecule has 0 unspecified atom stereocenters. The minimum atomic E-state index is -0.547. The van der Waals surface area contributed by atoms with Gasteiger partial charge in [0.2, 0.25) is 0 Å². The molecule has 0 radical (unpaired) electrons. The Labute approximate surface area is 134 Å². The zero-order chi connectivity index (χ0) is 14.4. The van der Waals surface area contributed by atoms with E-state index in [4.69, 9.17) is 11.6 Å². The van der Waals surface area contributed by atoms with Crippen molar-refractivity contribution in [3.05, 3.63) is 37.8 Å². The van der Waals surface area contributed by atoms with Gasteiger partial charge < -0.3 is 0 Å². The van der Waals surface area contributed by atoms with Gasteiger partial charge in [0.1, 0.15) is 6.07 Å². The number of hydrogen-bond donors (Lipinski definition) is 0. The van der Waals surface area contributed by atoms with E-state index in [0.29, 0.717) is 17.2 Å². The molecule has 0 saturated heterocycles. The minimum absolute atomic E-state index is 0.0675. The maximum Gasteiger partial charge on any atom is 0.152 e. The average Bonchev–Trinajstić information content (AvgIpc) is 3.20. The van der Waals surface area contributed by atoms with Crippen LogP contribution in [0.2, 0.25) is 5.02 Å². The molecule has 0 spiro atoms. The highest BCUT2D eigenvalue weighted by molar-refractivity contribution is 14.1. The Kier molecular flexibility index (Phi) is 3.46. The van der Waals surface area contributed by atoms with Gasteiger partial charge in [-0.3, -0.25) is 4.68 Å². The van der Waals surface area contributed by atoms with Crippen LogP contribution in [0.25, 0.3) is 11.3 Å². The summed E-state index contributed by atoms with van der Waals surface area (Å²) in [6, 6.07) is 3.75. The molecule has 0 aliphatic heterocycles. The fourth-order valence-corrected chi connectivity index (χ4v) is 3.35. The molecule has 1 aliphatic carbocycles. The molecule has 3 nitrogen and oxygen atoms in total. The number of aromatic nitrogens is 2. The topological polar surface area (TPSA) is 41.6 Å². The Morgan fingerprint density at radius 2 is 2.25 bits per heavy atom. The van der Waals surface area contributed by atoms with Crippen molar-refractivity contribution in [2.45, 2.75) is 18.8 Å². The third-order valence-corrected chi connectivity index (χ3v) is 4.57. The first kappa shape index (κ1) is 13.8. The number of rotatable bonds is 2. The monoisotopic (exact) mass is 401 g/mol. The van der Waals surface area contributed by atoms with E-state index in [1.165, 1.54) is 0 Å². The van der Waals surface area contributed by atoms with Gasteiger partial charge in [-0.1, -0.05) is 11.6 Å². The average molecular weight is 402 g/mol. The van der Waals surface area contributed by atoms with Crippen LogP contribution in [0.1, 0.15) is 29.9 Å². The Morgan fingerprint density at radius 1 is 1.55 bits per heavy atom. The van der Waals surface area contributed by atoms with Crippen LogP contribution in [0.5, 0.6) is 0 Å². The van der Waals surface area contributed by atoms with Crippen LogP contribution < -0.4 is 0 Å². The Morgan fingerprint density at radius 3 is 2.75 bits per heavy atom. The summed E-state index contributed by atoms with van der Waals surface area (Å²) in [4.78, 5) is 0. The highest BCUT2D eigenvalue weighted by Gasteiger charge is 2.31. The third-order valence-electron chi connectivity index (χ3n) is 3.51. The van der Waals surface area contributed by atoms with Gasteiger partial charge in [-0.05, 0) is 53.0 Å². The van der Waals surface area contributed by atoms with Crippen molar-refractivity contribution in [1.82, 2.24) is 9.78 Å². The molecule has 1 fully saturated rings. The van der Waals surface area contributed by atoms with Crippen LogP contribution in [-0.2, 0) is 7.05 Å². The van der Waals surface area contributed by atoms with Crippen molar-refractivity contribution < 1.29 is 4.39 Å². The van der Waals surface area contributed by atoms with Crippen molar-refractivity contribution in [2.75, 3.05) is 0 Å². The molecule has 0 atom stereocenters. The van der Waals surface area contributed by atoms with Crippen molar-refractivity contribution in [1.29, 1.82) is 5.26 Å². The highest BCUT2D eigenvalue weighted by atomic mass is 127. The summed E-state index contributed by atoms with van der Waals surface area (Å²) in [5.41, 5.74) is 2.11. The molecule has 1 aromatic heterocycles. The van der Waals surface area contributed by atoms with E-state index in [-0.39, 0.29) is 10.6 Å². The maximum absolute atomic E-state index is 14.5. The van der Waals surface area contributed by atoms with E-state index in [0.717, 1.165) is 22.0 Å².